The molecule has 1 aliphatic heterocycles. The molecule has 2 aromatic carbocycles. The van der Waals surface area contributed by atoms with Gasteiger partial charge < -0.3 is 18.9 Å². The second-order valence-electron chi connectivity index (χ2n) is 7.43. The maximum atomic E-state index is 6.06. The molecule has 1 heterocycles. The molecule has 0 spiro atoms. The van der Waals surface area contributed by atoms with Gasteiger partial charge in [0.15, 0.2) is 11.5 Å². The third-order valence-corrected chi connectivity index (χ3v) is 4.97. The first kappa shape index (κ1) is 19.2. The van der Waals surface area contributed by atoms with Crippen molar-refractivity contribution in [3.05, 3.63) is 53.1 Å². The van der Waals surface area contributed by atoms with Gasteiger partial charge in [0.05, 0.1) is 26.9 Å². The summed E-state index contributed by atoms with van der Waals surface area (Å²) in [7, 11) is 5.02. The van der Waals surface area contributed by atoms with Crippen LogP contribution in [0.1, 0.15) is 43.4 Å². The van der Waals surface area contributed by atoms with Crippen LogP contribution in [0.3, 0.4) is 0 Å². The summed E-state index contributed by atoms with van der Waals surface area (Å²) in [5, 5.41) is 0. The number of benzene rings is 2. The Labute approximate surface area is 161 Å². The molecular weight excluding hydrogens is 340 g/mol. The Bertz CT molecular complexity index is 852. The van der Waals surface area contributed by atoms with Crippen LogP contribution < -0.4 is 18.9 Å². The first-order valence-corrected chi connectivity index (χ1v) is 9.18. The lowest BCUT2D eigenvalue weighted by atomic mass is 9.91. The van der Waals surface area contributed by atoms with E-state index in [-0.39, 0.29) is 5.60 Å². The second kappa shape index (κ2) is 7.55. The van der Waals surface area contributed by atoms with Gasteiger partial charge in [-0.2, -0.15) is 0 Å². The van der Waals surface area contributed by atoms with Gasteiger partial charge in [-0.1, -0.05) is 19.1 Å². The van der Waals surface area contributed by atoms with Crippen molar-refractivity contribution in [1.82, 2.24) is 0 Å². The molecule has 2 aromatic rings. The van der Waals surface area contributed by atoms with Gasteiger partial charge in [-0.3, -0.25) is 0 Å². The average Bonchev–Trinajstić information content (AvgIpc) is 2.66. The molecule has 0 amide bonds. The first-order valence-electron chi connectivity index (χ1n) is 9.18. The molecule has 0 aromatic heterocycles. The minimum absolute atomic E-state index is 0.293. The van der Waals surface area contributed by atoms with Crippen LogP contribution in [0.5, 0.6) is 23.0 Å². The minimum Gasteiger partial charge on any atom is -0.496 e. The van der Waals surface area contributed by atoms with E-state index >= 15 is 0 Å². The Morgan fingerprint density at radius 2 is 1.70 bits per heavy atom. The molecule has 144 valence electrons. The van der Waals surface area contributed by atoms with E-state index in [1.165, 1.54) is 5.56 Å². The summed E-state index contributed by atoms with van der Waals surface area (Å²) in [6.07, 6.45) is 5.02. The Morgan fingerprint density at radius 1 is 0.963 bits per heavy atom. The quantitative estimate of drug-likeness (QED) is 0.698. The van der Waals surface area contributed by atoms with Gasteiger partial charge in [-0.05, 0) is 67.7 Å². The molecule has 0 saturated carbocycles. The monoisotopic (exact) mass is 368 g/mol. The highest BCUT2D eigenvalue weighted by Gasteiger charge is 2.25. The topological polar surface area (TPSA) is 36.9 Å². The summed E-state index contributed by atoms with van der Waals surface area (Å²) in [6, 6.07) is 10.2. The van der Waals surface area contributed by atoms with Gasteiger partial charge in [-0.25, -0.2) is 0 Å². The van der Waals surface area contributed by atoms with Gasteiger partial charge in [-0.15, -0.1) is 0 Å². The van der Waals surface area contributed by atoms with Crippen LogP contribution in [0.15, 0.2) is 36.4 Å². The summed E-state index contributed by atoms with van der Waals surface area (Å²) < 4.78 is 22.6. The van der Waals surface area contributed by atoms with Crippen molar-refractivity contribution in [3.8, 4) is 23.0 Å². The summed E-state index contributed by atoms with van der Waals surface area (Å²) in [5.41, 5.74) is 3.06. The predicted octanol–water partition coefficient (Wildman–Crippen LogP) is 5.24. The molecule has 1 unspecified atom stereocenters. The fraction of sp³-hybridized carbons (Fsp3) is 0.391. The van der Waals surface area contributed by atoms with Crippen LogP contribution in [-0.2, 0) is 6.42 Å². The normalized spacial score (nSPS) is 15.5. The number of ether oxygens (including phenoxy) is 4. The van der Waals surface area contributed by atoms with Crippen LogP contribution in [0.2, 0.25) is 0 Å². The molecule has 0 aliphatic carbocycles. The number of fused-ring (bicyclic) bond motifs is 1. The highest BCUT2D eigenvalue weighted by Crippen LogP contribution is 2.41. The van der Waals surface area contributed by atoms with Gasteiger partial charge in [0, 0.05) is 0 Å². The lowest BCUT2D eigenvalue weighted by Gasteiger charge is -2.29. The van der Waals surface area contributed by atoms with E-state index in [1.54, 1.807) is 21.3 Å². The molecule has 1 aliphatic rings. The summed E-state index contributed by atoms with van der Waals surface area (Å²) in [6.45, 7) is 6.30. The molecule has 0 bridgehead atoms. The SMILES string of the molecule is COc1ccc(C(C)Cc2ccc3c(c2OC)C=CC(C)(C)O3)cc1OC. The molecule has 0 saturated heterocycles. The van der Waals surface area contributed by atoms with E-state index in [1.807, 2.05) is 32.0 Å². The molecule has 0 radical (unpaired) electrons. The van der Waals surface area contributed by atoms with Gasteiger partial charge in [0.1, 0.15) is 17.1 Å². The summed E-state index contributed by atoms with van der Waals surface area (Å²) >= 11 is 0. The Morgan fingerprint density at radius 3 is 2.37 bits per heavy atom. The largest absolute Gasteiger partial charge is 0.496 e. The standard InChI is InChI=1S/C23H28O4/c1-15(16-7-10-20(24-4)21(14-16)25-5)13-17-8-9-19-18(22(17)26-6)11-12-23(2,3)27-19/h7-12,14-15H,13H2,1-6H3. The second-order valence-corrected chi connectivity index (χ2v) is 7.43. The van der Waals surface area contributed by atoms with Gasteiger partial charge in [0.2, 0.25) is 0 Å². The predicted molar refractivity (Wildman–Crippen MR) is 108 cm³/mol. The summed E-state index contributed by atoms with van der Waals surface area (Å²) in [5.74, 6) is 3.53. The van der Waals surface area contributed by atoms with E-state index in [0.29, 0.717) is 5.92 Å². The Balaban J connectivity index is 1.90. The van der Waals surface area contributed by atoms with Crippen LogP contribution in [0.25, 0.3) is 6.08 Å². The fourth-order valence-electron chi connectivity index (χ4n) is 3.48. The zero-order chi connectivity index (χ0) is 19.6. The van der Waals surface area contributed by atoms with E-state index in [4.69, 9.17) is 18.9 Å². The number of rotatable bonds is 6. The van der Waals surface area contributed by atoms with Crippen LogP contribution >= 0.6 is 0 Å². The molecule has 27 heavy (non-hydrogen) atoms. The number of hydrogen-bond acceptors (Lipinski definition) is 4. The average molecular weight is 368 g/mol. The van der Waals surface area contributed by atoms with Crippen molar-refractivity contribution in [2.24, 2.45) is 0 Å². The van der Waals surface area contributed by atoms with Crippen molar-refractivity contribution in [1.29, 1.82) is 0 Å². The summed E-state index contributed by atoms with van der Waals surface area (Å²) in [4.78, 5) is 0. The first-order chi connectivity index (χ1) is 12.9. The van der Waals surface area contributed by atoms with Crippen molar-refractivity contribution in [2.75, 3.05) is 21.3 Å². The minimum atomic E-state index is -0.299. The molecule has 4 nitrogen and oxygen atoms in total. The maximum absolute atomic E-state index is 6.06. The number of methoxy groups -OCH3 is 3. The maximum Gasteiger partial charge on any atom is 0.160 e. The zero-order valence-electron chi connectivity index (χ0n) is 17.0. The fourth-order valence-corrected chi connectivity index (χ4v) is 3.48. The molecule has 1 atom stereocenters. The Hall–Kier alpha value is -2.62. The van der Waals surface area contributed by atoms with E-state index in [0.717, 1.165) is 40.5 Å². The third-order valence-electron chi connectivity index (χ3n) is 4.97. The number of hydrogen-bond donors (Lipinski definition) is 0. The lowest BCUT2D eigenvalue weighted by molar-refractivity contribution is 0.158. The van der Waals surface area contributed by atoms with Crippen LogP contribution in [0.4, 0.5) is 0 Å². The van der Waals surface area contributed by atoms with Crippen molar-refractivity contribution >= 4 is 6.08 Å². The molecular formula is C23H28O4. The molecule has 4 heteroatoms. The smallest absolute Gasteiger partial charge is 0.160 e. The van der Waals surface area contributed by atoms with E-state index in [2.05, 4.69) is 31.2 Å². The van der Waals surface area contributed by atoms with Crippen LogP contribution in [0, 0.1) is 0 Å². The molecule has 0 N–H and O–H groups in total. The third kappa shape index (κ3) is 3.90. The van der Waals surface area contributed by atoms with Crippen molar-refractivity contribution in [3.63, 3.8) is 0 Å². The highest BCUT2D eigenvalue weighted by molar-refractivity contribution is 5.69. The van der Waals surface area contributed by atoms with Crippen molar-refractivity contribution < 1.29 is 18.9 Å². The Kier molecular flexibility index (Phi) is 5.36. The zero-order valence-corrected chi connectivity index (χ0v) is 17.0. The lowest BCUT2D eigenvalue weighted by Crippen LogP contribution is -2.27. The molecule has 3 rings (SSSR count). The highest BCUT2D eigenvalue weighted by atomic mass is 16.5. The van der Waals surface area contributed by atoms with E-state index in [9.17, 15) is 0 Å². The molecule has 0 fully saturated rings. The van der Waals surface area contributed by atoms with Crippen molar-refractivity contribution in [2.45, 2.75) is 38.7 Å². The van der Waals surface area contributed by atoms with Gasteiger partial charge >= 0.3 is 0 Å². The van der Waals surface area contributed by atoms with E-state index < -0.39 is 0 Å². The van der Waals surface area contributed by atoms with Crippen LogP contribution in [-0.4, -0.2) is 26.9 Å². The van der Waals surface area contributed by atoms with Gasteiger partial charge in [0.25, 0.3) is 0 Å².